The number of likely N-dealkylation sites (tertiary alicyclic amines) is 1. The van der Waals surface area contributed by atoms with Crippen LogP contribution < -0.4 is 5.73 Å². The van der Waals surface area contributed by atoms with Gasteiger partial charge in [-0.25, -0.2) is 4.79 Å². The predicted octanol–water partition coefficient (Wildman–Crippen LogP) is -1.23. The van der Waals surface area contributed by atoms with E-state index in [0.717, 1.165) is 0 Å². The Hall–Kier alpha value is -0.950. The molecule has 0 bridgehead atoms. The Bertz CT molecular complexity index is 321. The van der Waals surface area contributed by atoms with Crippen molar-refractivity contribution in [2.75, 3.05) is 18.6 Å². The fraction of sp³-hybridized carbons (Fsp3) is 0.778. The summed E-state index contributed by atoms with van der Waals surface area (Å²) >= 11 is 0. The summed E-state index contributed by atoms with van der Waals surface area (Å²) in [6, 6.07) is -1.19. The lowest BCUT2D eigenvalue weighted by Gasteiger charge is -2.23. The van der Waals surface area contributed by atoms with Gasteiger partial charge in [0.25, 0.3) is 0 Å². The van der Waals surface area contributed by atoms with Gasteiger partial charge in [0.05, 0.1) is 0 Å². The molecule has 92 valence electrons. The molecule has 1 aliphatic rings. The van der Waals surface area contributed by atoms with E-state index in [9.17, 15) is 13.8 Å². The molecule has 0 saturated carbocycles. The number of carbonyl (C=O) groups is 2. The number of amides is 1. The SMILES string of the molecule is CS(=O)CC[C@@H](C(=O)O)N1CC(N)CC1=O. The number of rotatable bonds is 5. The Morgan fingerprint density at radius 1 is 1.75 bits per heavy atom. The Morgan fingerprint density at radius 2 is 2.38 bits per heavy atom. The van der Waals surface area contributed by atoms with Gasteiger partial charge in [0, 0.05) is 41.8 Å². The number of hydrogen-bond acceptors (Lipinski definition) is 4. The van der Waals surface area contributed by atoms with Crippen LogP contribution in [0.1, 0.15) is 12.8 Å². The zero-order valence-electron chi connectivity index (χ0n) is 9.09. The number of hydrogen-bond donors (Lipinski definition) is 2. The average molecular weight is 248 g/mol. The van der Waals surface area contributed by atoms with Crippen molar-refractivity contribution in [3.8, 4) is 0 Å². The molecule has 2 unspecified atom stereocenters. The van der Waals surface area contributed by atoms with Gasteiger partial charge in [0.2, 0.25) is 5.91 Å². The molecule has 1 amide bonds. The highest BCUT2D eigenvalue weighted by molar-refractivity contribution is 7.84. The first-order valence-electron chi connectivity index (χ1n) is 4.99. The zero-order valence-corrected chi connectivity index (χ0v) is 9.90. The highest BCUT2D eigenvalue weighted by atomic mass is 32.2. The Labute approximate surface area is 96.2 Å². The van der Waals surface area contributed by atoms with E-state index in [0.29, 0.717) is 0 Å². The smallest absolute Gasteiger partial charge is 0.326 e. The van der Waals surface area contributed by atoms with Gasteiger partial charge >= 0.3 is 5.97 Å². The topological polar surface area (TPSA) is 101 Å². The van der Waals surface area contributed by atoms with Crippen LogP contribution in [0.2, 0.25) is 0 Å². The van der Waals surface area contributed by atoms with Gasteiger partial charge in [0.1, 0.15) is 6.04 Å². The van der Waals surface area contributed by atoms with Crippen LogP contribution in [0.15, 0.2) is 0 Å². The minimum absolute atomic E-state index is 0.193. The summed E-state index contributed by atoms with van der Waals surface area (Å²) in [4.78, 5) is 23.8. The summed E-state index contributed by atoms with van der Waals surface area (Å²) in [6.07, 6.45) is 1.91. The van der Waals surface area contributed by atoms with Crippen LogP contribution in [0.25, 0.3) is 0 Å². The van der Waals surface area contributed by atoms with E-state index < -0.39 is 22.8 Å². The lowest BCUT2D eigenvalue weighted by atomic mass is 10.2. The van der Waals surface area contributed by atoms with Gasteiger partial charge in [-0.3, -0.25) is 9.00 Å². The van der Waals surface area contributed by atoms with Crippen molar-refractivity contribution in [3.05, 3.63) is 0 Å². The fourth-order valence-corrected chi connectivity index (χ4v) is 2.31. The molecule has 1 rings (SSSR count). The Balaban J connectivity index is 2.66. The second-order valence-corrected chi connectivity index (χ2v) is 5.48. The van der Waals surface area contributed by atoms with Gasteiger partial charge in [-0.2, -0.15) is 0 Å². The van der Waals surface area contributed by atoms with Crippen LogP contribution in [0.5, 0.6) is 0 Å². The maximum absolute atomic E-state index is 11.5. The first-order chi connectivity index (χ1) is 7.41. The molecule has 1 saturated heterocycles. The standard InChI is InChI=1S/C9H16N2O4S/c1-16(15)3-2-7(9(13)14)11-5-6(10)4-8(11)12/h6-7H,2-5,10H2,1H3,(H,13,14)/t6?,7-,16?/m0/s1. The lowest BCUT2D eigenvalue weighted by molar-refractivity contribution is -0.148. The number of aliphatic carboxylic acids is 1. The molecule has 3 N–H and O–H groups in total. The van der Waals surface area contributed by atoms with E-state index in [4.69, 9.17) is 10.8 Å². The molecule has 6 nitrogen and oxygen atoms in total. The predicted molar refractivity (Wildman–Crippen MR) is 59.3 cm³/mol. The highest BCUT2D eigenvalue weighted by Gasteiger charge is 2.35. The normalized spacial score (nSPS) is 24.5. The molecule has 0 aliphatic carbocycles. The van der Waals surface area contributed by atoms with Crippen LogP contribution in [0.3, 0.4) is 0 Å². The maximum Gasteiger partial charge on any atom is 0.326 e. The second-order valence-electron chi connectivity index (χ2n) is 3.93. The lowest BCUT2D eigenvalue weighted by Crippen LogP contribution is -2.43. The maximum atomic E-state index is 11.5. The molecule has 7 heteroatoms. The largest absolute Gasteiger partial charge is 0.480 e. The second kappa shape index (κ2) is 5.40. The Morgan fingerprint density at radius 3 is 2.75 bits per heavy atom. The first kappa shape index (κ1) is 13.1. The van der Waals surface area contributed by atoms with E-state index in [1.165, 1.54) is 11.2 Å². The third kappa shape index (κ3) is 3.28. The van der Waals surface area contributed by atoms with Gasteiger partial charge in [-0.1, -0.05) is 0 Å². The zero-order chi connectivity index (χ0) is 12.3. The molecule has 0 radical (unpaired) electrons. The number of nitrogens with zero attached hydrogens (tertiary/aromatic N) is 1. The highest BCUT2D eigenvalue weighted by Crippen LogP contribution is 2.15. The van der Waals surface area contributed by atoms with E-state index in [2.05, 4.69) is 0 Å². The molecule has 1 fully saturated rings. The summed E-state index contributed by atoms with van der Waals surface area (Å²) < 4.78 is 10.9. The molecule has 0 aromatic rings. The van der Waals surface area contributed by atoms with Crippen molar-refractivity contribution in [2.45, 2.75) is 24.9 Å². The van der Waals surface area contributed by atoms with Crippen LogP contribution in [-0.2, 0) is 20.4 Å². The van der Waals surface area contributed by atoms with Crippen molar-refractivity contribution in [3.63, 3.8) is 0 Å². The van der Waals surface area contributed by atoms with Crippen molar-refractivity contribution in [1.82, 2.24) is 4.90 Å². The summed E-state index contributed by atoms with van der Waals surface area (Å²) in [6.45, 7) is 0.270. The van der Waals surface area contributed by atoms with Crippen molar-refractivity contribution < 1.29 is 18.9 Å². The van der Waals surface area contributed by atoms with Crippen LogP contribution in [0, 0.1) is 0 Å². The number of carboxylic acid groups (broad SMARTS) is 1. The molecule has 3 atom stereocenters. The van der Waals surface area contributed by atoms with Crippen molar-refractivity contribution in [2.24, 2.45) is 5.73 Å². The summed E-state index contributed by atoms with van der Waals surface area (Å²) in [5, 5.41) is 9.02. The summed E-state index contributed by atoms with van der Waals surface area (Å²) in [5.74, 6) is -1.02. The van der Waals surface area contributed by atoms with Crippen LogP contribution >= 0.6 is 0 Å². The summed E-state index contributed by atoms with van der Waals surface area (Å²) in [5.41, 5.74) is 5.59. The molecule has 0 spiro atoms. The van der Waals surface area contributed by atoms with Gasteiger partial charge in [0.15, 0.2) is 0 Å². The third-order valence-corrected chi connectivity index (χ3v) is 3.34. The molecule has 16 heavy (non-hydrogen) atoms. The van der Waals surface area contributed by atoms with E-state index >= 15 is 0 Å². The number of carbonyl (C=O) groups excluding carboxylic acids is 1. The Kier molecular flexibility index (Phi) is 4.43. The van der Waals surface area contributed by atoms with Gasteiger partial charge in [-0.15, -0.1) is 0 Å². The minimum atomic E-state index is -1.06. The quantitative estimate of drug-likeness (QED) is 0.634. The van der Waals surface area contributed by atoms with Crippen LogP contribution in [-0.4, -0.2) is 56.7 Å². The first-order valence-corrected chi connectivity index (χ1v) is 6.72. The van der Waals surface area contributed by atoms with Gasteiger partial charge in [-0.05, 0) is 6.42 Å². The molecule has 1 aliphatic heterocycles. The fourth-order valence-electron chi connectivity index (χ4n) is 1.75. The minimum Gasteiger partial charge on any atom is -0.480 e. The monoisotopic (exact) mass is 248 g/mol. The molecular formula is C9H16N2O4S. The average Bonchev–Trinajstić information content (AvgIpc) is 2.45. The number of carboxylic acids is 1. The third-order valence-electron chi connectivity index (χ3n) is 2.53. The molecule has 0 aromatic heterocycles. The molecule has 0 aromatic carbocycles. The summed E-state index contributed by atoms with van der Waals surface area (Å²) in [7, 11) is -1.06. The van der Waals surface area contributed by atoms with Gasteiger partial charge < -0.3 is 15.7 Å². The van der Waals surface area contributed by atoms with E-state index in [1.807, 2.05) is 0 Å². The van der Waals surface area contributed by atoms with Crippen LogP contribution in [0.4, 0.5) is 0 Å². The molecular weight excluding hydrogens is 232 g/mol. The van der Waals surface area contributed by atoms with Crippen molar-refractivity contribution >= 4 is 22.7 Å². The van der Waals surface area contributed by atoms with Crippen molar-refractivity contribution in [1.29, 1.82) is 0 Å². The van der Waals surface area contributed by atoms with E-state index in [-0.39, 0.29) is 37.1 Å². The number of nitrogens with two attached hydrogens (primary N) is 1. The van der Waals surface area contributed by atoms with E-state index in [1.54, 1.807) is 0 Å². The molecule has 1 heterocycles.